The molecule has 2 heterocycles. The fourth-order valence-corrected chi connectivity index (χ4v) is 5.11. The number of aryl methyl sites for hydroxylation is 1. The van der Waals surface area contributed by atoms with E-state index in [9.17, 15) is 4.79 Å². The Labute approximate surface area is 194 Å². The molecule has 1 aromatic heterocycles. The summed E-state index contributed by atoms with van der Waals surface area (Å²) in [7, 11) is 0. The standard InChI is InChI=1S/C27H28ClN3O/c1-16-23-24(17-11-13-18(14-12-17)27(2,3)4)25-21(9-6-10-22(25)32)29-26(23)31(30-16)20-8-5-7-19(28)15-20/h5,7-8,11-15,24,29H,6,9-10H2,1-4H3/t24-/m1/s1. The minimum atomic E-state index is -0.115. The van der Waals surface area contributed by atoms with E-state index in [1.165, 1.54) is 5.56 Å². The van der Waals surface area contributed by atoms with Crippen LogP contribution in [0.15, 0.2) is 59.8 Å². The van der Waals surface area contributed by atoms with Crippen molar-refractivity contribution in [3.8, 4) is 5.69 Å². The van der Waals surface area contributed by atoms with E-state index >= 15 is 0 Å². The Bertz CT molecular complexity index is 1240. The molecule has 3 aromatic rings. The zero-order valence-electron chi connectivity index (χ0n) is 19.0. The monoisotopic (exact) mass is 445 g/mol. The summed E-state index contributed by atoms with van der Waals surface area (Å²) in [6.07, 6.45) is 2.35. The van der Waals surface area contributed by atoms with Crippen LogP contribution in [-0.4, -0.2) is 15.6 Å². The van der Waals surface area contributed by atoms with E-state index in [2.05, 4.69) is 50.4 Å². The zero-order chi connectivity index (χ0) is 22.6. The summed E-state index contributed by atoms with van der Waals surface area (Å²) in [6.45, 7) is 8.68. The van der Waals surface area contributed by atoms with Crippen molar-refractivity contribution in [2.75, 3.05) is 5.32 Å². The van der Waals surface area contributed by atoms with E-state index in [4.69, 9.17) is 16.7 Å². The van der Waals surface area contributed by atoms with Gasteiger partial charge in [-0.2, -0.15) is 5.10 Å². The Hall–Kier alpha value is -2.85. The number of nitrogens with zero attached hydrogens (tertiary/aromatic N) is 2. The van der Waals surface area contributed by atoms with Gasteiger partial charge in [-0.3, -0.25) is 4.79 Å². The molecule has 1 atom stereocenters. The molecule has 5 rings (SSSR count). The van der Waals surface area contributed by atoms with Gasteiger partial charge in [0.25, 0.3) is 0 Å². The van der Waals surface area contributed by atoms with E-state index < -0.39 is 0 Å². The van der Waals surface area contributed by atoms with Crippen LogP contribution in [-0.2, 0) is 10.2 Å². The number of nitrogens with one attached hydrogen (secondary N) is 1. The second kappa shape index (κ2) is 7.63. The fraction of sp³-hybridized carbons (Fsp3) is 0.333. The Morgan fingerprint density at radius 3 is 2.53 bits per heavy atom. The maximum Gasteiger partial charge on any atom is 0.161 e. The minimum absolute atomic E-state index is 0.0796. The number of Topliss-reactive ketones (excluding diaryl/α,β-unsaturated/α-hetero) is 1. The van der Waals surface area contributed by atoms with Gasteiger partial charge in [0.2, 0.25) is 0 Å². The first kappa shape index (κ1) is 21.0. The Balaban J connectivity index is 1.71. The van der Waals surface area contributed by atoms with Crippen LogP contribution < -0.4 is 5.32 Å². The Kier molecular flexibility index (Phi) is 5.01. The van der Waals surface area contributed by atoms with Crippen molar-refractivity contribution in [1.82, 2.24) is 9.78 Å². The predicted molar refractivity (Wildman–Crippen MR) is 130 cm³/mol. The highest BCUT2D eigenvalue weighted by Gasteiger charge is 2.38. The molecule has 4 nitrogen and oxygen atoms in total. The second-order valence-electron chi connectivity index (χ2n) is 9.84. The lowest BCUT2D eigenvalue weighted by Crippen LogP contribution is -2.27. The molecule has 5 heteroatoms. The van der Waals surface area contributed by atoms with Gasteiger partial charge in [-0.1, -0.05) is 62.7 Å². The molecule has 0 unspecified atom stereocenters. The first-order chi connectivity index (χ1) is 15.2. The van der Waals surface area contributed by atoms with E-state index in [0.29, 0.717) is 11.4 Å². The number of carbonyl (C=O) groups is 1. The zero-order valence-corrected chi connectivity index (χ0v) is 19.8. The van der Waals surface area contributed by atoms with Crippen LogP contribution in [0.5, 0.6) is 0 Å². The van der Waals surface area contributed by atoms with Crippen molar-refractivity contribution in [1.29, 1.82) is 0 Å². The van der Waals surface area contributed by atoms with Crippen LogP contribution in [0.4, 0.5) is 5.82 Å². The fourth-order valence-electron chi connectivity index (χ4n) is 4.92. The molecule has 0 radical (unpaired) electrons. The van der Waals surface area contributed by atoms with E-state index in [0.717, 1.165) is 52.4 Å². The third-order valence-electron chi connectivity index (χ3n) is 6.57. The summed E-state index contributed by atoms with van der Waals surface area (Å²) in [5.74, 6) is 1.06. The molecule has 0 amide bonds. The summed E-state index contributed by atoms with van der Waals surface area (Å²) in [4.78, 5) is 13.1. The molecular weight excluding hydrogens is 418 g/mol. The van der Waals surface area contributed by atoms with Gasteiger partial charge in [0.1, 0.15) is 5.82 Å². The molecule has 1 aliphatic heterocycles. The molecule has 0 spiro atoms. The number of allylic oxidation sites excluding steroid dienone is 2. The van der Waals surface area contributed by atoms with Gasteiger partial charge in [0, 0.05) is 34.2 Å². The number of benzene rings is 2. The summed E-state index contributed by atoms with van der Waals surface area (Å²) >= 11 is 6.28. The predicted octanol–water partition coefficient (Wildman–Crippen LogP) is 6.70. The van der Waals surface area contributed by atoms with E-state index in [1.807, 2.05) is 35.9 Å². The molecular formula is C27H28ClN3O. The number of aromatic nitrogens is 2. The van der Waals surface area contributed by atoms with Crippen LogP contribution in [0.3, 0.4) is 0 Å². The Morgan fingerprint density at radius 2 is 1.84 bits per heavy atom. The van der Waals surface area contributed by atoms with Gasteiger partial charge in [-0.15, -0.1) is 0 Å². The normalized spacial score (nSPS) is 18.3. The summed E-state index contributed by atoms with van der Waals surface area (Å²) < 4.78 is 1.93. The van der Waals surface area contributed by atoms with Crippen molar-refractivity contribution in [3.05, 3.63) is 87.2 Å². The third-order valence-corrected chi connectivity index (χ3v) is 6.81. The number of halogens is 1. The lowest BCUT2D eigenvalue weighted by molar-refractivity contribution is -0.116. The summed E-state index contributed by atoms with van der Waals surface area (Å²) in [5.41, 5.74) is 7.33. The van der Waals surface area contributed by atoms with Gasteiger partial charge in [0.05, 0.1) is 11.4 Å². The molecule has 2 aliphatic rings. The number of carbonyl (C=O) groups excluding carboxylic acids is 1. The molecule has 2 aromatic carbocycles. The molecule has 0 saturated carbocycles. The number of rotatable bonds is 2. The highest BCUT2D eigenvalue weighted by Crippen LogP contribution is 2.47. The lowest BCUT2D eigenvalue weighted by Gasteiger charge is -2.33. The Morgan fingerprint density at radius 1 is 1.09 bits per heavy atom. The number of hydrogen-bond acceptors (Lipinski definition) is 3. The van der Waals surface area contributed by atoms with Gasteiger partial charge in [-0.25, -0.2) is 4.68 Å². The van der Waals surface area contributed by atoms with Gasteiger partial charge in [0.15, 0.2) is 5.78 Å². The number of ketones is 1. The molecule has 164 valence electrons. The number of hydrogen-bond donors (Lipinski definition) is 1. The number of anilines is 1. The molecule has 1 aliphatic carbocycles. The largest absolute Gasteiger partial charge is 0.343 e. The smallest absolute Gasteiger partial charge is 0.161 e. The van der Waals surface area contributed by atoms with Crippen LogP contribution in [0.25, 0.3) is 5.69 Å². The lowest BCUT2D eigenvalue weighted by atomic mass is 9.75. The van der Waals surface area contributed by atoms with E-state index in [-0.39, 0.29) is 17.1 Å². The second-order valence-corrected chi connectivity index (χ2v) is 10.3. The van der Waals surface area contributed by atoms with Crippen molar-refractivity contribution >= 4 is 23.2 Å². The van der Waals surface area contributed by atoms with Gasteiger partial charge in [-0.05, 0) is 54.5 Å². The minimum Gasteiger partial charge on any atom is -0.343 e. The SMILES string of the molecule is Cc1nn(-c2cccc(Cl)c2)c2c1[C@@H](c1ccc(C(C)(C)C)cc1)C1=C(CCCC1=O)N2. The van der Waals surface area contributed by atoms with Crippen molar-refractivity contribution < 1.29 is 4.79 Å². The van der Waals surface area contributed by atoms with Crippen molar-refractivity contribution in [2.24, 2.45) is 0 Å². The van der Waals surface area contributed by atoms with Crippen LogP contribution in [0.1, 0.15) is 68.3 Å². The van der Waals surface area contributed by atoms with Crippen LogP contribution >= 0.6 is 11.6 Å². The van der Waals surface area contributed by atoms with E-state index in [1.54, 1.807) is 0 Å². The van der Waals surface area contributed by atoms with Gasteiger partial charge < -0.3 is 5.32 Å². The average Bonchev–Trinajstić information content (AvgIpc) is 3.08. The molecule has 0 fully saturated rings. The van der Waals surface area contributed by atoms with Crippen molar-refractivity contribution in [3.63, 3.8) is 0 Å². The maximum absolute atomic E-state index is 13.1. The van der Waals surface area contributed by atoms with Crippen LogP contribution in [0.2, 0.25) is 5.02 Å². The topological polar surface area (TPSA) is 46.9 Å². The molecule has 0 saturated heterocycles. The quantitative estimate of drug-likeness (QED) is 0.477. The number of fused-ring (bicyclic) bond motifs is 1. The maximum atomic E-state index is 13.1. The average molecular weight is 446 g/mol. The van der Waals surface area contributed by atoms with Gasteiger partial charge >= 0.3 is 0 Å². The van der Waals surface area contributed by atoms with Crippen molar-refractivity contribution in [2.45, 2.75) is 58.3 Å². The highest BCUT2D eigenvalue weighted by atomic mass is 35.5. The molecule has 1 N–H and O–H groups in total. The summed E-state index contributed by atoms with van der Waals surface area (Å²) in [5, 5.41) is 9.13. The molecule has 32 heavy (non-hydrogen) atoms. The third kappa shape index (κ3) is 3.47. The summed E-state index contributed by atoms with van der Waals surface area (Å²) in [6, 6.07) is 16.5. The highest BCUT2D eigenvalue weighted by molar-refractivity contribution is 6.30. The first-order valence-corrected chi connectivity index (χ1v) is 11.6. The molecule has 0 bridgehead atoms. The van der Waals surface area contributed by atoms with Crippen LogP contribution in [0, 0.1) is 6.92 Å². The first-order valence-electron chi connectivity index (χ1n) is 11.2.